The second-order valence-corrected chi connectivity index (χ2v) is 8.58. The Morgan fingerprint density at radius 3 is 2.71 bits per heavy atom. The van der Waals surface area contributed by atoms with E-state index < -0.39 is 0 Å². The Kier molecular flexibility index (Phi) is 8.01. The first-order valence-electron chi connectivity index (χ1n) is 9.48. The lowest BCUT2D eigenvalue weighted by molar-refractivity contribution is -0.113. The molecule has 0 unspecified atom stereocenters. The van der Waals surface area contributed by atoms with Crippen molar-refractivity contribution in [2.24, 2.45) is 0 Å². The van der Waals surface area contributed by atoms with E-state index in [0.717, 1.165) is 11.3 Å². The van der Waals surface area contributed by atoms with Crippen molar-refractivity contribution >= 4 is 46.6 Å². The number of thioether (sulfide) groups is 1. The molecule has 6 nitrogen and oxygen atoms in total. The number of nitrogens with one attached hydrogen (secondary N) is 1. The van der Waals surface area contributed by atoms with Crippen LogP contribution in [0.1, 0.15) is 17.0 Å². The van der Waals surface area contributed by atoms with Crippen molar-refractivity contribution in [2.75, 3.05) is 11.1 Å². The molecule has 162 valence electrons. The van der Waals surface area contributed by atoms with Gasteiger partial charge in [-0.1, -0.05) is 58.7 Å². The minimum absolute atomic E-state index is 0.160. The molecule has 0 bridgehead atoms. The van der Waals surface area contributed by atoms with E-state index in [1.165, 1.54) is 17.3 Å². The van der Waals surface area contributed by atoms with Crippen LogP contribution in [-0.4, -0.2) is 26.4 Å². The zero-order valence-electron chi connectivity index (χ0n) is 17.2. The van der Waals surface area contributed by atoms with Crippen LogP contribution < -0.4 is 10.1 Å². The lowest BCUT2D eigenvalue weighted by Crippen LogP contribution is -2.15. The van der Waals surface area contributed by atoms with Crippen LogP contribution in [0.3, 0.4) is 0 Å². The summed E-state index contributed by atoms with van der Waals surface area (Å²) in [5, 5.41) is 12.7. The molecule has 9 heteroatoms. The molecule has 0 spiro atoms. The molecule has 1 amide bonds. The number of carbonyl (C=O) groups is 1. The molecule has 0 saturated heterocycles. The van der Waals surface area contributed by atoms with Crippen molar-refractivity contribution in [3.05, 3.63) is 76.0 Å². The van der Waals surface area contributed by atoms with E-state index in [4.69, 9.17) is 27.9 Å². The standard InChI is InChI=1S/C22H22Cl2N4O2S/c1-4-9-28-20(12-30-19-8-5-14(2)10-15(19)3)26-27-22(28)31-13-21(29)25-16-6-7-17(23)18(24)11-16/h4-8,10-11H,1,9,12-13H2,2-3H3,(H,25,29). The minimum Gasteiger partial charge on any atom is -0.485 e. The smallest absolute Gasteiger partial charge is 0.234 e. The first-order chi connectivity index (χ1) is 14.9. The number of rotatable bonds is 9. The van der Waals surface area contributed by atoms with E-state index >= 15 is 0 Å². The van der Waals surface area contributed by atoms with Gasteiger partial charge in [0.1, 0.15) is 12.4 Å². The highest BCUT2D eigenvalue weighted by atomic mass is 35.5. The number of halogens is 2. The molecule has 1 heterocycles. The van der Waals surface area contributed by atoms with Gasteiger partial charge in [-0.15, -0.1) is 16.8 Å². The van der Waals surface area contributed by atoms with Gasteiger partial charge in [-0.2, -0.15) is 0 Å². The maximum atomic E-state index is 12.3. The summed E-state index contributed by atoms with van der Waals surface area (Å²) in [6.45, 7) is 8.62. The number of nitrogens with zero attached hydrogens (tertiary/aromatic N) is 3. The van der Waals surface area contributed by atoms with Crippen molar-refractivity contribution in [3.63, 3.8) is 0 Å². The van der Waals surface area contributed by atoms with Crippen molar-refractivity contribution in [2.45, 2.75) is 32.2 Å². The Balaban J connectivity index is 1.63. The van der Waals surface area contributed by atoms with E-state index in [2.05, 4.69) is 28.2 Å². The lowest BCUT2D eigenvalue weighted by Gasteiger charge is -2.11. The normalized spacial score (nSPS) is 10.7. The fourth-order valence-corrected chi connectivity index (χ4v) is 3.91. The van der Waals surface area contributed by atoms with Crippen molar-refractivity contribution in [1.29, 1.82) is 0 Å². The summed E-state index contributed by atoms with van der Waals surface area (Å²) in [6, 6.07) is 11.0. The third kappa shape index (κ3) is 6.26. The Hall–Kier alpha value is -2.48. The van der Waals surface area contributed by atoms with Gasteiger partial charge in [-0.3, -0.25) is 9.36 Å². The van der Waals surface area contributed by atoms with Crippen molar-refractivity contribution in [1.82, 2.24) is 14.8 Å². The van der Waals surface area contributed by atoms with Gasteiger partial charge in [0, 0.05) is 12.2 Å². The predicted molar refractivity (Wildman–Crippen MR) is 126 cm³/mol. The summed E-state index contributed by atoms with van der Waals surface area (Å²) >= 11 is 13.2. The molecule has 0 saturated carbocycles. The summed E-state index contributed by atoms with van der Waals surface area (Å²) in [6.07, 6.45) is 1.75. The number of amides is 1. The zero-order chi connectivity index (χ0) is 22.4. The molecule has 0 radical (unpaired) electrons. The van der Waals surface area contributed by atoms with Gasteiger partial charge in [0.25, 0.3) is 0 Å². The minimum atomic E-state index is -0.190. The largest absolute Gasteiger partial charge is 0.485 e. The topological polar surface area (TPSA) is 69.0 Å². The fraction of sp³-hybridized carbons (Fsp3) is 0.227. The van der Waals surface area contributed by atoms with Crippen LogP contribution in [0.5, 0.6) is 5.75 Å². The first kappa shape index (κ1) is 23.2. The Bertz CT molecular complexity index is 1100. The fourth-order valence-electron chi connectivity index (χ4n) is 2.85. The molecule has 1 N–H and O–H groups in total. The second-order valence-electron chi connectivity index (χ2n) is 6.82. The highest BCUT2D eigenvalue weighted by molar-refractivity contribution is 7.99. The number of hydrogen-bond donors (Lipinski definition) is 1. The maximum Gasteiger partial charge on any atom is 0.234 e. The molecule has 0 aliphatic rings. The van der Waals surface area contributed by atoms with Gasteiger partial charge in [0.05, 0.1) is 15.8 Å². The van der Waals surface area contributed by atoms with Gasteiger partial charge in [-0.25, -0.2) is 0 Å². The van der Waals surface area contributed by atoms with E-state index in [0.29, 0.717) is 33.3 Å². The second kappa shape index (κ2) is 10.7. The van der Waals surface area contributed by atoms with Crippen LogP contribution in [0, 0.1) is 13.8 Å². The summed E-state index contributed by atoms with van der Waals surface area (Å²) in [4.78, 5) is 12.3. The van der Waals surface area contributed by atoms with Gasteiger partial charge >= 0.3 is 0 Å². The summed E-state index contributed by atoms with van der Waals surface area (Å²) in [5.41, 5.74) is 2.82. The highest BCUT2D eigenvalue weighted by Crippen LogP contribution is 2.26. The molecule has 1 aromatic heterocycles. The molecule has 3 rings (SSSR count). The van der Waals surface area contributed by atoms with Crippen LogP contribution in [-0.2, 0) is 17.9 Å². The molecule has 0 fully saturated rings. The summed E-state index contributed by atoms with van der Waals surface area (Å²) < 4.78 is 7.82. The number of allylic oxidation sites excluding steroid dienone is 1. The highest BCUT2D eigenvalue weighted by Gasteiger charge is 2.15. The van der Waals surface area contributed by atoms with Crippen LogP contribution in [0.4, 0.5) is 5.69 Å². The van der Waals surface area contributed by atoms with E-state index in [1.807, 2.05) is 30.5 Å². The number of ether oxygens (including phenoxy) is 1. The average Bonchev–Trinajstić information content (AvgIpc) is 3.10. The third-order valence-corrected chi connectivity index (χ3v) is 6.03. The summed E-state index contributed by atoms with van der Waals surface area (Å²) in [7, 11) is 0. The molecule has 2 aromatic carbocycles. The predicted octanol–water partition coefficient (Wildman–Crippen LogP) is 5.70. The molecule has 0 atom stereocenters. The molecular weight excluding hydrogens is 455 g/mol. The quantitative estimate of drug-likeness (QED) is 0.316. The third-order valence-electron chi connectivity index (χ3n) is 4.33. The number of benzene rings is 2. The SMILES string of the molecule is C=CCn1c(COc2ccc(C)cc2C)nnc1SCC(=O)Nc1ccc(Cl)c(Cl)c1. The van der Waals surface area contributed by atoms with Crippen LogP contribution >= 0.6 is 35.0 Å². The van der Waals surface area contributed by atoms with Gasteiger partial charge < -0.3 is 10.1 Å². The number of aryl methyl sites for hydroxylation is 2. The Morgan fingerprint density at radius 1 is 1.19 bits per heavy atom. The van der Waals surface area contributed by atoms with Crippen LogP contribution in [0.15, 0.2) is 54.2 Å². The number of aromatic nitrogens is 3. The van der Waals surface area contributed by atoms with Crippen LogP contribution in [0.2, 0.25) is 10.0 Å². The van der Waals surface area contributed by atoms with Gasteiger partial charge in [0.2, 0.25) is 5.91 Å². The van der Waals surface area contributed by atoms with E-state index in [1.54, 1.807) is 24.3 Å². The molecule has 3 aromatic rings. The molecule has 0 aliphatic carbocycles. The first-order valence-corrected chi connectivity index (χ1v) is 11.2. The van der Waals surface area contributed by atoms with E-state index in [9.17, 15) is 4.79 Å². The molecule has 0 aliphatic heterocycles. The number of hydrogen-bond acceptors (Lipinski definition) is 5. The summed E-state index contributed by atoms with van der Waals surface area (Å²) in [5.74, 6) is 1.43. The zero-order valence-corrected chi connectivity index (χ0v) is 19.5. The van der Waals surface area contributed by atoms with E-state index in [-0.39, 0.29) is 18.3 Å². The van der Waals surface area contributed by atoms with Crippen molar-refractivity contribution in [3.8, 4) is 5.75 Å². The van der Waals surface area contributed by atoms with Crippen molar-refractivity contribution < 1.29 is 9.53 Å². The number of anilines is 1. The molecular formula is C22H22Cl2N4O2S. The van der Waals surface area contributed by atoms with Crippen LogP contribution in [0.25, 0.3) is 0 Å². The van der Waals surface area contributed by atoms with Gasteiger partial charge in [-0.05, 0) is 43.7 Å². The monoisotopic (exact) mass is 476 g/mol. The number of carbonyl (C=O) groups excluding carboxylic acids is 1. The maximum absolute atomic E-state index is 12.3. The average molecular weight is 477 g/mol. The lowest BCUT2D eigenvalue weighted by atomic mass is 10.1. The van der Waals surface area contributed by atoms with Gasteiger partial charge in [0.15, 0.2) is 11.0 Å². The Morgan fingerprint density at radius 2 is 2.00 bits per heavy atom. The Labute approximate surface area is 195 Å². The molecule has 31 heavy (non-hydrogen) atoms.